The van der Waals surface area contributed by atoms with Gasteiger partial charge in [0.15, 0.2) is 34.6 Å². The maximum absolute atomic E-state index is 6.57. The Labute approximate surface area is 437 Å². The van der Waals surface area contributed by atoms with Gasteiger partial charge in [-0.05, 0) is 157 Å². The fourth-order valence-electron chi connectivity index (χ4n) is 9.78. The molecule has 0 saturated heterocycles. The standard InChI is InChI=1S/C64H40N10O2/c1-5-25-59-55(21-1)73(56-22-2-6-26-60(56)75-59)45-36-42(37-46(38-45)74-57-23-3-7-27-61(57)76-62-28-8-4-24-58(62)74)41-33-43(51-39-53(47-17-9-13-29-65-47)71-63(69-51)49-19-11-15-31-67-49)35-44(34-41)52-40-54(48-18-10-14-30-66-48)72-64(70-52)50-20-12-16-32-68-50/h1-40H. The van der Waals surface area contributed by atoms with Crippen LogP contribution in [0.5, 0.6) is 23.0 Å². The fraction of sp³-hybridized carbons (Fsp3) is 0. The first kappa shape index (κ1) is 44.0. The number of anilines is 6. The second kappa shape index (κ2) is 18.7. The lowest BCUT2D eigenvalue weighted by molar-refractivity contribution is 0.477. The Kier molecular flexibility index (Phi) is 10.8. The van der Waals surface area contributed by atoms with Crippen molar-refractivity contribution in [1.82, 2.24) is 39.9 Å². The summed E-state index contributed by atoms with van der Waals surface area (Å²) in [5, 5.41) is 0. The number of para-hydroxylation sites is 8. The van der Waals surface area contributed by atoms with Gasteiger partial charge in [0.05, 0.1) is 56.9 Å². The van der Waals surface area contributed by atoms with Gasteiger partial charge >= 0.3 is 0 Å². The van der Waals surface area contributed by atoms with Gasteiger partial charge in [0.1, 0.15) is 11.4 Å². The fourth-order valence-corrected chi connectivity index (χ4v) is 9.78. The van der Waals surface area contributed by atoms with Crippen LogP contribution >= 0.6 is 0 Å². The van der Waals surface area contributed by atoms with E-state index < -0.39 is 0 Å². The average Bonchev–Trinajstić information content (AvgIpc) is 3.56. The Morgan fingerprint density at radius 2 is 0.566 bits per heavy atom. The molecule has 0 fully saturated rings. The number of nitrogens with zero attached hydrogens (tertiary/aromatic N) is 10. The van der Waals surface area contributed by atoms with E-state index in [1.54, 1.807) is 24.8 Å². The number of aromatic nitrogens is 8. The Hall–Kier alpha value is -10.7. The third kappa shape index (κ3) is 8.17. The van der Waals surface area contributed by atoms with Crippen molar-refractivity contribution < 1.29 is 9.47 Å². The summed E-state index contributed by atoms with van der Waals surface area (Å²) >= 11 is 0. The van der Waals surface area contributed by atoms with Crippen LogP contribution in [0.2, 0.25) is 0 Å². The number of benzene rings is 6. The third-order valence-corrected chi connectivity index (χ3v) is 13.2. The molecule has 0 spiro atoms. The first-order valence-electron chi connectivity index (χ1n) is 24.7. The molecule has 2 aliphatic rings. The van der Waals surface area contributed by atoms with Crippen LogP contribution in [0.4, 0.5) is 34.1 Å². The summed E-state index contributed by atoms with van der Waals surface area (Å²) in [6.45, 7) is 0. The van der Waals surface area contributed by atoms with Gasteiger partial charge in [0.25, 0.3) is 0 Å². The summed E-state index contributed by atoms with van der Waals surface area (Å²) in [6, 6.07) is 72.8. The minimum absolute atomic E-state index is 0.459. The van der Waals surface area contributed by atoms with Crippen molar-refractivity contribution in [3.8, 4) is 102 Å². The second-order valence-electron chi connectivity index (χ2n) is 18.1. The van der Waals surface area contributed by atoms with E-state index in [0.717, 1.165) is 79.4 Å². The Balaban J connectivity index is 1.06. The van der Waals surface area contributed by atoms with E-state index in [-0.39, 0.29) is 0 Å². The lowest BCUT2D eigenvalue weighted by Crippen LogP contribution is -2.18. The van der Waals surface area contributed by atoms with Crippen LogP contribution in [0, 0.1) is 0 Å². The lowest BCUT2D eigenvalue weighted by atomic mass is 9.94. The Morgan fingerprint density at radius 1 is 0.250 bits per heavy atom. The SMILES string of the molecule is c1ccc(-c2cc(-c3cc(-c4cc(N5c6ccccc6Oc6ccccc65)cc(N5c6ccccc6Oc6ccccc65)c4)cc(-c4cc(-c5ccccn5)nc(-c5ccccn5)n4)c3)nc(-c3ccccn3)n2)nc1. The molecule has 0 saturated carbocycles. The molecule has 76 heavy (non-hydrogen) atoms. The zero-order chi connectivity index (χ0) is 50.4. The molecular weight excluding hydrogens is 941 g/mol. The molecule has 12 nitrogen and oxygen atoms in total. The highest BCUT2D eigenvalue weighted by molar-refractivity contribution is 5.94. The Bertz CT molecular complexity index is 3680. The first-order valence-corrected chi connectivity index (χ1v) is 24.7. The minimum atomic E-state index is 0.459. The van der Waals surface area contributed by atoms with Gasteiger partial charge in [-0.2, -0.15) is 0 Å². The normalized spacial score (nSPS) is 12.1. The molecule has 2 aliphatic heterocycles. The van der Waals surface area contributed by atoms with Crippen LogP contribution in [-0.4, -0.2) is 39.9 Å². The summed E-state index contributed by atoms with van der Waals surface area (Å²) < 4.78 is 13.1. The summed E-state index contributed by atoms with van der Waals surface area (Å²) in [5.74, 6) is 3.89. The molecule has 358 valence electrons. The zero-order valence-electron chi connectivity index (χ0n) is 40.4. The highest BCUT2D eigenvalue weighted by Crippen LogP contribution is 2.55. The summed E-state index contributed by atoms with van der Waals surface area (Å²) in [4.78, 5) is 44.1. The molecule has 0 unspecified atom stereocenters. The first-order chi connectivity index (χ1) is 37.6. The summed E-state index contributed by atoms with van der Waals surface area (Å²) in [7, 11) is 0. The van der Waals surface area contributed by atoms with Crippen molar-refractivity contribution in [1.29, 1.82) is 0 Å². The van der Waals surface area contributed by atoms with Crippen LogP contribution in [0.25, 0.3) is 79.5 Å². The van der Waals surface area contributed by atoms with Crippen LogP contribution in [0.1, 0.15) is 0 Å². The molecule has 6 aromatic heterocycles. The van der Waals surface area contributed by atoms with Gasteiger partial charge in [-0.15, -0.1) is 0 Å². The van der Waals surface area contributed by atoms with Gasteiger partial charge in [-0.25, -0.2) is 19.9 Å². The van der Waals surface area contributed by atoms with E-state index in [4.69, 9.17) is 49.3 Å². The predicted molar refractivity (Wildman–Crippen MR) is 296 cm³/mol. The van der Waals surface area contributed by atoms with Crippen molar-refractivity contribution in [3.05, 3.63) is 243 Å². The molecule has 6 aromatic carbocycles. The number of fused-ring (bicyclic) bond motifs is 4. The van der Waals surface area contributed by atoms with Crippen molar-refractivity contribution in [2.24, 2.45) is 0 Å². The number of rotatable bonds is 9. The molecule has 0 aliphatic carbocycles. The molecule has 0 atom stereocenters. The maximum atomic E-state index is 6.57. The molecule has 0 radical (unpaired) electrons. The topological polar surface area (TPSA) is 128 Å². The minimum Gasteiger partial charge on any atom is -0.453 e. The van der Waals surface area contributed by atoms with E-state index >= 15 is 0 Å². The monoisotopic (exact) mass is 980 g/mol. The smallest absolute Gasteiger partial charge is 0.179 e. The van der Waals surface area contributed by atoms with Crippen molar-refractivity contribution in [3.63, 3.8) is 0 Å². The van der Waals surface area contributed by atoms with E-state index in [1.807, 2.05) is 158 Å². The molecule has 12 aromatic rings. The zero-order valence-corrected chi connectivity index (χ0v) is 40.4. The third-order valence-electron chi connectivity index (χ3n) is 13.2. The van der Waals surface area contributed by atoms with Crippen molar-refractivity contribution >= 4 is 34.1 Å². The molecule has 8 heterocycles. The van der Waals surface area contributed by atoms with Gasteiger partial charge in [-0.3, -0.25) is 19.9 Å². The van der Waals surface area contributed by atoms with Gasteiger partial charge in [0.2, 0.25) is 0 Å². The maximum Gasteiger partial charge on any atom is 0.179 e. The van der Waals surface area contributed by atoms with Crippen molar-refractivity contribution in [2.75, 3.05) is 9.80 Å². The molecule has 12 heteroatoms. The second-order valence-corrected chi connectivity index (χ2v) is 18.1. The van der Waals surface area contributed by atoms with Crippen LogP contribution in [0.3, 0.4) is 0 Å². The van der Waals surface area contributed by atoms with E-state index in [0.29, 0.717) is 57.2 Å². The van der Waals surface area contributed by atoms with E-state index in [1.165, 1.54) is 0 Å². The Morgan fingerprint density at radius 3 is 0.934 bits per heavy atom. The predicted octanol–water partition coefficient (Wildman–Crippen LogP) is 15.7. The number of hydrogen-bond acceptors (Lipinski definition) is 12. The number of ether oxygens (including phenoxy) is 2. The average molecular weight is 981 g/mol. The number of hydrogen-bond donors (Lipinski definition) is 0. The number of pyridine rings is 4. The van der Waals surface area contributed by atoms with E-state index in [9.17, 15) is 0 Å². The molecule has 0 amide bonds. The highest BCUT2D eigenvalue weighted by Gasteiger charge is 2.30. The highest BCUT2D eigenvalue weighted by atomic mass is 16.5. The summed E-state index contributed by atoms with van der Waals surface area (Å²) in [5.41, 5.74) is 14.1. The van der Waals surface area contributed by atoms with Crippen molar-refractivity contribution in [2.45, 2.75) is 0 Å². The molecular formula is C64H40N10O2. The van der Waals surface area contributed by atoms with Gasteiger partial charge in [-0.1, -0.05) is 72.8 Å². The largest absolute Gasteiger partial charge is 0.453 e. The van der Waals surface area contributed by atoms with Gasteiger partial charge in [0, 0.05) is 47.3 Å². The molecule has 0 bridgehead atoms. The molecule has 14 rings (SSSR count). The van der Waals surface area contributed by atoms with Gasteiger partial charge < -0.3 is 19.3 Å². The van der Waals surface area contributed by atoms with Crippen LogP contribution < -0.4 is 19.3 Å². The molecule has 0 N–H and O–H groups in total. The van der Waals surface area contributed by atoms with E-state index in [2.05, 4.69) is 70.5 Å². The van der Waals surface area contributed by atoms with Crippen LogP contribution in [-0.2, 0) is 0 Å². The summed E-state index contributed by atoms with van der Waals surface area (Å²) in [6.07, 6.45) is 7.04. The van der Waals surface area contributed by atoms with Crippen LogP contribution in [0.15, 0.2) is 243 Å². The lowest BCUT2D eigenvalue weighted by Gasteiger charge is -2.36. The quantitative estimate of drug-likeness (QED) is 0.137.